The summed E-state index contributed by atoms with van der Waals surface area (Å²) in [5.74, 6) is 0.458. The summed E-state index contributed by atoms with van der Waals surface area (Å²) in [6, 6.07) is -0.541. The molecule has 0 radical (unpaired) electrons. The minimum Gasteiger partial charge on any atom is -0.343 e. The largest absolute Gasteiger partial charge is 0.343 e. The summed E-state index contributed by atoms with van der Waals surface area (Å²) in [5, 5.41) is 0. The highest BCUT2D eigenvalue weighted by Gasteiger charge is 2.26. The van der Waals surface area contributed by atoms with Crippen LogP contribution in [0.2, 0.25) is 0 Å². The third kappa shape index (κ3) is 2.47. The molecule has 8 nitrogen and oxygen atoms in total. The van der Waals surface area contributed by atoms with Crippen LogP contribution in [0.1, 0.15) is 33.7 Å². The molecule has 2 heterocycles. The summed E-state index contributed by atoms with van der Waals surface area (Å²) in [6.45, 7) is 8.53. The summed E-state index contributed by atoms with van der Waals surface area (Å²) in [4.78, 5) is 43.2. The number of aromatic nitrogens is 4. The molecule has 0 aromatic carbocycles. The Morgan fingerprint density at radius 1 is 1.17 bits per heavy atom. The lowest BCUT2D eigenvalue weighted by Gasteiger charge is -2.23. The van der Waals surface area contributed by atoms with Gasteiger partial charge in [0.2, 0.25) is 5.95 Å². The smallest absolute Gasteiger partial charge is 0.332 e. The number of fused-ring (bicyclic) bond motifs is 1. The summed E-state index contributed by atoms with van der Waals surface area (Å²) in [7, 11) is 3.00. The van der Waals surface area contributed by atoms with Gasteiger partial charge in [0.25, 0.3) is 5.56 Å². The van der Waals surface area contributed by atoms with E-state index in [1.165, 1.54) is 18.5 Å². The summed E-state index contributed by atoms with van der Waals surface area (Å²) in [5.41, 5.74) is -0.303. The van der Waals surface area contributed by atoms with Crippen LogP contribution in [0.15, 0.2) is 9.59 Å². The standard InChI is InChI=1S/C15H23N5O3/c1-7-19(8-2)14-16-12-11(20(14)9(3)10(4)21)13(22)18(6)15(23)17(12)5/h9H,7-8H2,1-6H3/t9-/m1/s1. The molecule has 0 aliphatic carbocycles. The highest BCUT2D eigenvalue weighted by Crippen LogP contribution is 2.24. The molecule has 0 fully saturated rings. The van der Waals surface area contributed by atoms with Crippen LogP contribution in [0, 0.1) is 0 Å². The van der Waals surface area contributed by atoms with Crippen molar-refractivity contribution < 1.29 is 4.79 Å². The predicted molar refractivity (Wildman–Crippen MR) is 89.2 cm³/mol. The van der Waals surface area contributed by atoms with Gasteiger partial charge in [-0.2, -0.15) is 4.98 Å². The Bertz CT molecular complexity index is 870. The molecule has 126 valence electrons. The van der Waals surface area contributed by atoms with Gasteiger partial charge in [-0.3, -0.25) is 23.3 Å². The van der Waals surface area contributed by atoms with Gasteiger partial charge in [-0.15, -0.1) is 0 Å². The average molecular weight is 321 g/mol. The molecule has 0 amide bonds. The van der Waals surface area contributed by atoms with Gasteiger partial charge < -0.3 is 4.90 Å². The molecule has 0 aliphatic heterocycles. The second-order valence-electron chi connectivity index (χ2n) is 5.62. The van der Waals surface area contributed by atoms with Crippen LogP contribution >= 0.6 is 0 Å². The molecule has 0 spiro atoms. The third-order valence-corrected chi connectivity index (χ3v) is 4.29. The van der Waals surface area contributed by atoms with Crippen molar-refractivity contribution >= 4 is 22.9 Å². The maximum absolute atomic E-state index is 12.6. The Kier molecular flexibility index (Phi) is 4.44. The van der Waals surface area contributed by atoms with E-state index >= 15 is 0 Å². The molecule has 0 N–H and O–H groups in total. The van der Waals surface area contributed by atoms with E-state index in [4.69, 9.17) is 0 Å². The molecule has 2 rings (SSSR count). The van der Waals surface area contributed by atoms with E-state index in [1.807, 2.05) is 18.7 Å². The number of nitrogens with zero attached hydrogens (tertiary/aromatic N) is 5. The number of rotatable bonds is 5. The maximum Gasteiger partial charge on any atom is 0.332 e. The molecule has 2 aromatic heterocycles. The lowest BCUT2D eigenvalue weighted by Crippen LogP contribution is -2.38. The first-order valence-corrected chi connectivity index (χ1v) is 7.69. The molecule has 0 saturated heterocycles. The van der Waals surface area contributed by atoms with Crippen molar-refractivity contribution in [2.24, 2.45) is 14.1 Å². The highest BCUT2D eigenvalue weighted by molar-refractivity contribution is 5.84. The first kappa shape index (κ1) is 17.0. The predicted octanol–water partition coefficient (Wildman–Crippen LogP) is 0.430. The Balaban J connectivity index is 3.03. The highest BCUT2D eigenvalue weighted by atomic mass is 16.2. The van der Waals surface area contributed by atoms with Gasteiger partial charge >= 0.3 is 5.69 Å². The number of ketones is 1. The minimum atomic E-state index is -0.541. The monoisotopic (exact) mass is 321 g/mol. The van der Waals surface area contributed by atoms with Crippen molar-refractivity contribution in [3.05, 3.63) is 20.8 Å². The zero-order valence-electron chi connectivity index (χ0n) is 14.5. The van der Waals surface area contributed by atoms with Gasteiger partial charge in [-0.05, 0) is 27.7 Å². The number of Topliss-reactive ketones (excluding diaryl/α,β-unsaturated/α-hetero) is 1. The van der Waals surface area contributed by atoms with Crippen molar-refractivity contribution in [3.63, 3.8) is 0 Å². The number of imidazole rings is 1. The third-order valence-electron chi connectivity index (χ3n) is 4.29. The summed E-state index contributed by atoms with van der Waals surface area (Å²) >= 11 is 0. The molecule has 8 heteroatoms. The lowest BCUT2D eigenvalue weighted by atomic mass is 10.2. The second-order valence-corrected chi connectivity index (χ2v) is 5.62. The van der Waals surface area contributed by atoms with Gasteiger partial charge in [-0.1, -0.05) is 0 Å². The van der Waals surface area contributed by atoms with Crippen LogP contribution in [0.4, 0.5) is 5.95 Å². The molecule has 0 saturated carbocycles. The summed E-state index contributed by atoms with van der Waals surface area (Å²) < 4.78 is 4.03. The molecular formula is C15H23N5O3. The first-order chi connectivity index (χ1) is 10.8. The topological polar surface area (TPSA) is 82.1 Å². The quantitative estimate of drug-likeness (QED) is 0.797. The fourth-order valence-corrected chi connectivity index (χ4v) is 2.68. The molecule has 23 heavy (non-hydrogen) atoms. The summed E-state index contributed by atoms with van der Waals surface area (Å²) in [6.07, 6.45) is 0. The van der Waals surface area contributed by atoms with Crippen LogP contribution in [0.25, 0.3) is 11.2 Å². The van der Waals surface area contributed by atoms with Crippen LogP contribution in [-0.2, 0) is 18.9 Å². The number of carbonyl (C=O) groups is 1. The van der Waals surface area contributed by atoms with E-state index in [0.29, 0.717) is 24.7 Å². The molecule has 0 bridgehead atoms. The van der Waals surface area contributed by atoms with Crippen LogP contribution < -0.4 is 16.1 Å². The average Bonchev–Trinajstić information content (AvgIpc) is 2.91. The van der Waals surface area contributed by atoms with Crippen molar-refractivity contribution in [2.45, 2.75) is 33.7 Å². The molecule has 1 atom stereocenters. The van der Waals surface area contributed by atoms with E-state index in [0.717, 1.165) is 4.57 Å². The molecular weight excluding hydrogens is 298 g/mol. The van der Waals surface area contributed by atoms with E-state index in [2.05, 4.69) is 4.98 Å². The maximum atomic E-state index is 12.6. The number of anilines is 1. The van der Waals surface area contributed by atoms with E-state index in [9.17, 15) is 14.4 Å². The van der Waals surface area contributed by atoms with Gasteiger partial charge in [0.15, 0.2) is 16.9 Å². The Hall–Kier alpha value is -2.38. The zero-order chi connectivity index (χ0) is 17.5. The van der Waals surface area contributed by atoms with E-state index in [1.54, 1.807) is 18.5 Å². The Labute approximate surface area is 134 Å². The van der Waals surface area contributed by atoms with Crippen molar-refractivity contribution in [3.8, 4) is 0 Å². The number of carbonyl (C=O) groups excluding carboxylic acids is 1. The van der Waals surface area contributed by atoms with E-state index < -0.39 is 17.3 Å². The van der Waals surface area contributed by atoms with Crippen molar-refractivity contribution in [2.75, 3.05) is 18.0 Å². The van der Waals surface area contributed by atoms with Gasteiger partial charge in [0, 0.05) is 27.2 Å². The lowest BCUT2D eigenvalue weighted by molar-refractivity contribution is -0.119. The molecule has 2 aromatic rings. The van der Waals surface area contributed by atoms with Crippen LogP contribution in [-0.4, -0.2) is 37.6 Å². The van der Waals surface area contributed by atoms with E-state index in [-0.39, 0.29) is 11.3 Å². The number of hydrogen-bond acceptors (Lipinski definition) is 5. The fourth-order valence-electron chi connectivity index (χ4n) is 2.68. The number of hydrogen-bond donors (Lipinski definition) is 0. The fraction of sp³-hybridized carbons (Fsp3) is 0.600. The number of aryl methyl sites for hydroxylation is 1. The van der Waals surface area contributed by atoms with Crippen LogP contribution in [0.3, 0.4) is 0 Å². The SMILES string of the molecule is CCN(CC)c1nc2c(c(=O)n(C)c(=O)n2C)n1[C@H](C)C(C)=O. The molecule has 0 unspecified atom stereocenters. The van der Waals surface area contributed by atoms with Gasteiger partial charge in [-0.25, -0.2) is 4.79 Å². The van der Waals surface area contributed by atoms with Crippen molar-refractivity contribution in [1.29, 1.82) is 0 Å². The minimum absolute atomic E-state index is 0.0754. The van der Waals surface area contributed by atoms with Crippen LogP contribution in [0.5, 0.6) is 0 Å². The zero-order valence-corrected chi connectivity index (χ0v) is 14.5. The first-order valence-electron chi connectivity index (χ1n) is 7.69. The van der Waals surface area contributed by atoms with Gasteiger partial charge in [0.1, 0.15) is 0 Å². The van der Waals surface area contributed by atoms with Crippen molar-refractivity contribution in [1.82, 2.24) is 18.7 Å². The Morgan fingerprint density at radius 2 is 1.74 bits per heavy atom. The molecule has 0 aliphatic rings. The van der Waals surface area contributed by atoms with Gasteiger partial charge in [0.05, 0.1) is 6.04 Å². The normalized spacial score (nSPS) is 12.6. The second kappa shape index (κ2) is 6.02. The Morgan fingerprint density at radius 3 is 2.22 bits per heavy atom.